The summed E-state index contributed by atoms with van der Waals surface area (Å²) in [4.78, 5) is 36.0. The van der Waals surface area contributed by atoms with Gasteiger partial charge in [0.1, 0.15) is 19.6 Å². The van der Waals surface area contributed by atoms with Gasteiger partial charge in [-0.25, -0.2) is 4.79 Å². The Morgan fingerprint density at radius 1 is 0.388 bits per heavy atom. The first-order chi connectivity index (χ1) is 31.4. The van der Waals surface area contributed by atoms with Crippen molar-refractivity contribution in [3.05, 3.63) is 144 Å². The number of nitrogens with one attached hydrogen (secondary N) is 2. The summed E-state index contributed by atoms with van der Waals surface area (Å²) in [6.45, 7) is 0. The molecule has 7 aromatic carbocycles. The minimum absolute atomic E-state index is 0.146. The second-order valence-electron chi connectivity index (χ2n) is 14.0. The number of rotatable bonds is 13. The zero-order valence-electron chi connectivity index (χ0n) is 33.3. The van der Waals surface area contributed by atoms with Crippen LogP contribution in [0.1, 0.15) is 31.1 Å². The molecule has 2 amide bonds. The van der Waals surface area contributed by atoms with Crippen molar-refractivity contribution < 1.29 is 71.4 Å². The summed E-state index contributed by atoms with van der Waals surface area (Å²) in [6, 6.07) is 25.3. The van der Waals surface area contributed by atoms with Crippen molar-refractivity contribution >= 4 is 114 Å². The molecule has 0 radical (unpaired) electrons. The van der Waals surface area contributed by atoms with Crippen LogP contribution in [0, 0.1) is 0 Å². The first-order valence-electron chi connectivity index (χ1n) is 18.4. The number of carbonyl (C=O) groups is 3. The Kier molecular flexibility index (Phi) is 12.7. The van der Waals surface area contributed by atoms with E-state index in [1.807, 2.05) is 0 Å². The number of azo groups is 2. The molecular weight excluding hydrogens is 961 g/mol. The fraction of sp³-hybridized carbons (Fsp3) is 0. The van der Waals surface area contributed by atoms with Gasteiger partial charge in [-0.1, -0.05) is 24.3 Å². The SMILES string of the molecule is O=C(Nc1ccc(N=Nc2cc(S(=O)(=O)O)c3cccc(S(=O)(=O)O)c3c2)cc1)c1ccc(C(=O)Nc2ccc(N=Nc3cc(S(=O)(=O)O)c4cccc(S(=O)(=O)O)c4c3)cc2)c(C(=O)O)c1. The summed E-state index contributed by atoms with van der Waals surface area (Å²) < 4.78 is 135. The monoisotopic (exact) mass is 988 g/mol. The summed E-state index contributed by atoms with van der Waals surface area (Å²) >= 11 is 0. The van der Waals surface area contributed by atoms with Gasteiger partial charge >= 0.3 is 5.97 Å². The first kappa shape index (κ1) is 47.3. The number of hydrogen-bond donors (Lipinski definition) is 7. The van der Waals surface area contributed by atoms with Crippen LogP contribution in [-0.2, 0) is 40.5 Å². The van der Waals surface area contributed by atoms with Gasteiger partial charge < -0.3 is 15.7 Å². The van der Waals surface area contributed by atoms with Crippen LogP contribution in [0.15, 0.2) is 167 Å². The quantitative estimate of drug-likeness (QED) is 0.0424. The van der Waals surface area contributed by atoms with E-state index in [4.69, 9.17) is 0 Å². The number of aromatic carboxylic acids is 1. The van der Waals surface area contributed by atoms with E-state index >= 15 is 0 Å². The molecule has 0 saturated heterocycles. The van der Waals surface area contributed by atoms with E-state index in [0.29, 0.717) is 0 Å². The Morgan fingerprint density at radius 3 is 1.16 bits per heavy atom. The van der Waals surface area contributed by atoms with Crippen LogP contribution in [0.3, 0.4) is 0 Å². The number of carboxylic acid groups (broad SMARTS) is 1. The van der Waals surface area contributed by atoms with Crippen LogP contribution in [0.25, 0.3) is 21.5 Å². The molecule has 0 atom stereocenters. The van der Waals surface area contributed by atoms with Crippen LogP contribution in [-0.4, -0.2) is 74.8 Å². The lowest BCUT2D eigenvalue weighted by Crippen LogP contribution is -2.18. The number of carbonyl (C=O) groups excluding carboxylic acids is 2. The molecule has 0 unspecified atom stereocenters. The maximum Gasteiger partial charge on any atom is 0.336 e. The molecule has 0 heterocycles. The van der Waals surface area contributed by atoms with Crippen LogP contribution < -0.4 is 10.6 Å². The van der Waals surface area contributed by atoms with Gasteiger partial charge in [0.25, 0.3) is 52.3 Å². The van der Waals surface area contributed by atoms with Crippen molar-refractivity contribution in [1.29, 1.82) is 0 Å². The van der Waals surface area contributed by atoms with Gasteiger partial charge in [-0.05, 0) is 103 Å². The molecule has 342 valence electrons. The van der Waals surface area contributed by atoms with Gasteiger partial charge in [-0.15, -0.1) is 0 Å². The number of hydrogen-bond acceptors (Lipinski definition) is 15. The van der Waals surface area contributed by atoms with E-state index < -0.39 is 83.4 Å². The smallest absolute Gasteiger partial charge is 0.336 e. The molecule has 22 nitrogen and oxygen atoms in total. The summed E-state index contributed by atoms with van der Waals surface area (Å²) in [5.41, 5.74) is -0.745. The normalized spacial score (nSPS) is 12.5. The van der Waals surface area contributed by atoms with Gasteiger partial charge in [0.15, 0.2) is 0 Å². The fourth-order valence-electron chi connectivity index (χ4n) is 6.53. The molecule has 0 aliphatic rings. The fourth-order valence-corrected chi connectivity index (χ4v) is 9.37. The van der Waals surface area contributed by atoms with Crippen LogP contribution in [0.2, 0.25) is 0 Å². The molecule has 0 aromatic heterocycles. The van der Waals surface area contributed by atoms with E-state index in [9.17, 15) is 71.4 Å². The van der Waals surface area contributed by atoms with Crippen molar-refractivity contribution in [2.75, 3.05) is 10.6 Å². The molecule has 7 N–H and O–H groups in total. The average molecular weight is 989 g/mol. The van der Waals surface area contributed by atoms with Gasteiger partial charge in [-0.2, -0.15) is 54.1 Å². The Morgan fingerprint density at radius 2 is 0.776 bits per heavy atom. The van der Waals surface area contributed by atoms with Crippen molar-refractivity contribution in [2.24, 2.45) is 20.5 Å². The molecule has 7 rings (SSSR count). The summed E-state index contributed by atoms with van der Waals surface area (Å²) in [5, 5.41) is 29.9. The van der Waals surface area contributed by atoms with Crippen molar-refractivity contribution in [3.63, 3.8) is 0 Å². The second-order valence-corrected chi connectivity index (χ2v) is 19.5. The summed E-state index contributed by atoms with van der Waals surface area (Å²) in [6.07, 6.45) is 0. The third kappa shape index (κ3) is 10.7. The van der Waals surface area contributed by atoms with Crippen molar-refractivity contribution in [3.8, 4) is 0 Å². The Hall–Kier alpha value is -7.69. The molecular formula is C41H28N6O16S4. The van der Waals surface area contributed by atoms with E-state index in [0.717, 1.165) is 48.5 Å². The molecule has 0 fully saturated rings. The zero-order chi connectivity index (χ0) is 48.6. The molecule has 26 heteroatoms. The molecule has 0 bridgehead atoms. The standard InChI is InChI=1S/C41H28N6O16S4/c48-39(42-23-8-12-25(13-9-23)44-46-27-18-32-29(37(20-27)66(58,59)60)3-1-5-35(32)64(52,53)54)22-7-16-31(34(17-22)41(50)51)40(49)43-24-10-14-26(15-11-24)45-47-28-19-33-30(38(21-28)67(61,62)63)4-2-6-36(33)65(55,56)57/h1-21H,(H,42,48)(H,43,49)(H,50,51)(H,52,53,54)(H,55,56,57)(H,58,59,60)(H,61,62,63). The minimum Gasteiger partial charge on any atom is -0.478 e. The van der Waals surface area contributed by atoms with E-state index in [1.54, 1.807) is 0 Å². The van der Waals surface area contributed by atoms with Gasteiger partial charge in [0.05, 0.1) is 33.9 Å². The molecule has 0 spiro atoms. The van der Waals surface area contributed by atoms with E-state index in [2.05, 4.69) is 31.1 Å². The molecule has 0 aliphatic heterocycles. The van der Waals surface area contributed by atoms with Gasteiger partial charge in [0, 0.05) is 38.5 Å². The summed E-state index contributed by atoms with van der Waals surface area (Å²) in [7, 11) is -19.4. The predicted octanol–water partition coefficient (Wildman–Crippen LogP) is 8.01. The highest BCUT2D eigenvalue weighted by atomic mass is 32.2. The number of fused-ring (bicyclic) bond motifs is 2. The van der Waals surface area contributed by atoms with Crippen molar-refractivity contribution in [2.45, 2.75) is 19.6 Å². The van der Waals surface area contributed by atoms with Crippen LogP contribution >= 0.6 is 0 Å². The third-order valence-corrected chi connectivity index (χ3v) is 13.1. The number of amides is 2. The number of nitrogens with zero attached hydrogens (tertiary/aromatic N) is 4. The molecule has 67 heavy (non-hydrogen) atoms. The number of benzene rings is 7. The predicted molar refractivity (Wildman–Crippen MR) is 238 cm³/mol. The lowest BCUT2D eigenvalue weighted by Gasteiger charge is -2.11. The van der Waals surface area contributed by atoms with E-state index in [-0.39, 0.29) is 66.8 Å². The minimum atomic E-state index is -4.90. The largest absolute Gasteiger partial charge is 0.478 e. The average Bonchev–Trinajstić information content (AvgIpc) is 3.26. The lowest BCUT2D eigenvalue weighted by molar-refractivity contribution is 0.0692. The van der Waals surface area contributed by atoms with Gasteiger partial charge in [0.2, 0.25) is 0 Å². The Bertz CT molecular complexity index is 3750. The Labute approximate surface area is 378 Å². The summed E-state index contributed by atoms with van der Waals surface area (Å²) in [5.74, 6) is -3.18. The lowest BCUT2D eigenvalue weighted by atomic mass is 10.0. The highest BCUT2D eigenvalue weighted by molar-refractivity contribution is 7.87. The Balaban J connectivity index is 1.03. The highest BCUT2D eigenvalue weighted by Gasteiger charge is 2.24. The van der Waals surface area contributed by atoms with Crippen LogP contribution in [0.4, 0.5) is 34.1 Å². The van der Waals surface area contributed by atoms with Gasteiger partial charge in [-0.3, -0.25) is 27.8 Å². The maximum absolute atomic E-state index is 13.2. The molecule has 0 aliphatic carbocycles. The van der Waals surface area contributed by atoms with E-state index in [1.165, 1.54) is 78.9 Å². The number of carboxylic acids is 1. The molecule has 7 aromatic rings. The molecule has 0 saturated carbocycles. The highest BCUT2D eigenvalue weighted by Crippen LogP contribution is 2.36. The first-order valence-corrected chi connectivity index (χ1v) is 24.2. The zero-order valence-corrected chi connectivity index (χ0v) is 36.5. The second kappa shape index (κ2) is 17.9. The van der Waals surface area contributed by atoms with Crippen LogP contribution in [0.5, 0.6) is 0 Å². The van der Waals surface area contributed by atoms with Crippen molar-refractivity contribution in [1.82, 2.24) is 0 Å². The topological polar surface area (TPSA) is 362 Å². The maximum atomic E-state index is 13.2. The number of anilines is 2. The third-order valence-electron chi connectivity index (χ3n) is 9.49.